The molecule has 0 aliphatic carbocycles. The number of aromatic nitrogens is 2. The molecular weight excluding hydrogens is 438 g/mol. The van der Waals surface area contributed by atoms with Crippen LogP contribution in [0.25, 0.3) is 28.2 Å². The molecule has 0 fully saturated rings. The van der Waals surface area contributed by atoms with Gasteiger partial charge < -0.3 is 4.57 Å². The van der Waals surface area contributed by atoms with Gasteiger partial charge >= 0.3 is 0 Å². The molecule has 0 saturated heterocycles. The van der Waals surface area contributed by atoms with Crippen molar-refractivity contribution >= 4 is 17.7 Å². The highest BCUT2D eigenvalue weighted by atomic mass is 16.6. The molecule has 2 aromatic heterocycles. The van der Waals surface area contributed by atoms with Gasteiger partial charge in [0, 0.05) is 17.3 Å². The quantitative estimate of drug-likeness (QED) is 0.170. The molecule has 1 N–H and O–H groups in total. The standard InChI is InChI=1S/C28H21N5O2/c34-33(35)25-16-17-27(29-20-25)31-30-19-23-18-26(21-10-4-1-5-11-21)32(24-14-8-3-9-15-24)28(23)22-12-6-2-7-13-22/h1-20H,(H,29,31)/b30-19-. The maximum absolute atomic E-state index is 10.9. The predicted molar refractivity (Wildman–Crippen MR) is 139 cm³/mol. The zero-order valence-corrected chi connectivity index (χ0v) is 18.7. The summed E-state index contributed by atoms with van der Waals surface area (Å²) in [6.07, 6.45) is 2.95. The lowest BCUT2D eigenvalue weighted by Gasteiger charge is -2.15. The summed E-state index contributed by atoms with van der Waals surface area (Å²) < 4.78 is 2.23. The average Bonchev–Trinajstić information content (AvgIpc) is 3.30. The Morgan fingerprint density at radius 1 is 0.829 bits per heavy atom. The second-order valence-corrected chi connectivity index (χ2v) is 7.77. The van der Waals surface area contributed by atoms with Crippen molar-refractivity contribution in [3.63, 3.8) is 0 Å². The molecule has 0 unspecified atom stereocenters. The third-order valence-corrected chi connectivity index (χ3v) is 5.50. The first-order valence-electron chi connectivity index (χ1n) is 11.0. The van der Waals surface area contributed by atoms with E-state index in [0.717, 1.165) is 33.8 Å². The van der Waals surface area contributed by atoms with E-state index < -0.39 is 4.92 Å². The van der Waals surface area contributed by atoms with Gasteiger partial charge in [-0.05, 0) is 35.4 Å². The minimum atomic E-state index is -0.483. The largest absolute Gasteiger partial charge is 0.309 e. The van der Waals surface area contributed by atoms with Crippen molar-refractivity contribution in [1.29, 1.82) is 0 Å². The van der Waals surface area contributed by atoms with Crippen molar-refractivity contribution in [3.05, 3.63) is 131 Å². The molecule has 7 heteroatoms. The first kappa shape index (κ1) is 21.8. The van der Waals surface area contributed by atoms with Crippen LogP contribution in [0.15, 0.2) is 120 Å². The van der Waals surface area contributed by atoms with Crippen LogP contribution in [0, 0.1) is 10.1 Å². The first-order valence-corrected chi connectivity index (χ1v) is 11.0. The molecule has 0 atom stereocenters. The zero-order chi connectivity index (χ0) is 24.0. The number of pyridine rings is 1. The van der Waals surface area contributed by atoms with Gasteiger partial charge in [0.15, 0.2) is 0 Å². The van der Waals surface area contributed by atoms with E-state index in [4.69, 9.17) is 0 Å². The fourth-order valence-corrected chi connectivity index (χ4v) is 3.91. The average molecular weight is 460 g/mol. The van der Waals surface area contributed by atoms with Crippen LogP contribution >= 0.6 is 0 Å². The highest BCUT2D eigenvalue weighted by Crippen LogP contribution is 2.35. The van der Waals surface area contributed by atoms with Crippen molar-refractivity contribution in [2.45, 2.75) is 0 Å². The topological polar surface area (TPSA) is 85.4 Å². The maximum Gasteiger partial charge on any atom is 0.287 e. The number of nitrogens with one attached hydrogen (secondary N) is 1. The van der Waals surface area contributed by atoms with E-state index in [2.05, 4.69) is 62.5 Å². The molecule has 35 heavy (non-hydrogen) atoms. The van der Waals surface area contributed by atoms with Gasteiger partial charge in [0.1, 0.15) is 12.0 Å². The lowest BCUT2D eigenvalue weighted by Crippen LogP contribution is -2.00. The number of hydrogen-bond donors (Lipinski definition) is 1. The Bertz CT molecular complexity index is 1460. The van der Waals surface area contributed by atoms with Gasteiger partial charge in [-0.3, -0.25) is 15.5 Å². The maximum atomic E-state index is 10.9. The van der Waals surface area contributed by atoms with Crippen molar-refractivity contribution < 1.29 is 4.92 Å². The summed E-state index contributed by atoms with van der Waals surface area (Å²) in [5.74, 6) is 0.416. The molecule has 0 aliphatic rings. The fraction of sp³-hybridized carbons (Fsp3) is 0. The molecule has 0 aliphatic heterocycles. The predicted octanol–water partition coefficient (Wildman–Crippen LogP) is 6.56. The summed E-state index contributed by atoms with van der Waals surface area (Å²) in [4.78, 5) is 14.4. The van der Waals surface area contributed by atoms with E-state index >= 15 is 0 Å². The van der Waals surface area contributed by atoms with Crippen LogP contribution in [-0.4, -0.2) is 20.7 Å². The SMILES string of the molecule is O=[N+]([O-])c1ccc(N/N=C\c2cc(-c3ccccc3)n(-c3ccccc3)c2-c2ccccc2)nc1. The smallest absolute Gasteiger partial charge is 0.287 e. The van der Waals surface area contributed by atoms with Crippen LogP contribution in [0.5, 0.6) is 0 Å². The molecule has 0 spiro atoms. The Morgan fingerprint density at radius 2 is 1.46 bits per heavy atom. The van der Waals surface area contributed by atoms with Gasteiger partial charge in [-0.25, -0.2) is 4.98 Å². The summed E-state index contributed by atoms with van der Waals surface area (Å²) in [6.45, 7) is 0. The highest BCUT2D eigenvalue weighted by molar-refractivity contribution is 5.93. The van der Waals surface area contributed by atoms with Gasteiger partial charge in [-0.1, -0.05) is 78.9 Å². The fourth-order valence-electron chi connectivity index (χ4n) is 3.91. The van der Waals surface area contributed by atoms with Crippen LogP contribution in [0.1, 0.15) is 5.56 Å². The summed E-state index contributed by atoms with van der Waals surface area (Å²) >= 11 is 0. The number of para-hydroxylation sites is 1. The second-order valence-electron chi connectivity index (χ2n) is 7.77. The molecular formula is C28H21N5O2. The lowest BCUT2D eigenvalue weighted by atomic mass is 10.1. The summed E-state index contributed by atoms with van der Waals surface area (Å²) in [5, 5.41) is 15.3. The molecule has 5 aromatic rings. The van der Waals surface area contributed by atoms with Crippen LogP contribution in [0.4, 0.5) is 11.5 Å². The Kier molecular flexibility index (Phi) is 6.13. The molecule has 2 heterocycles. The third kappa shape index (κ3) is 4.69. The molecule has 7 nitrogen and oxygen atoms in total. The molecule has 3 aromatic carbocycles. The number of hydrazone groups is 1. The summed E-state index contributed by atoms with van der Waals surface area (Å²) in [5.41, 5.74) is 8.91. The Balaban J connectivity index is 1.62. The molecule has 0 radical (unpaired) electrons. The monoisotopic (exact) mass is 459 g/mol. The molecule has 0 saturated carbocycles. The van der Waals surface area contributed by atoms with E-state index in [1.807, 2.05) is 54.6 Å². The minimum Gasteiger partial charge on any atom is -0.309 e. The van der Waals surface area contributed by atoms with Crippen LogP contribution in [0.2, 0.25) is 0 Å². The number of benzene rings is 3. The number of anilines is 1. The number of nitrogens with zero attached hydrogens (tertiary/aromatic N) is 4. The van der Waals surface area contributed by atoms with Gasteiger partial charge in [-0.2, -0.15) is 5.10 Å². The second kappa shape index (κ2) is 9.84. The van der Waals surface area contributed by atoms with E-state index in [-0.39, 0.29) is 5.69 Å². The summed E-state index contributed by atoms with van der Waals surface area (Å²) in [7, 11) is 0. The summed E-state index contributed by atoms with van der Waals surface area (Å²) in [6, 6.07) is 35.6. The highest BCUT2D eigenvalue weighted by Gasteiger charge is 2.18. The third-order valence-electron chi connectivity index (χ3n) is 5.50. The Hall–Kier alpha value is -5.04. The zero-order valence-electron chi connectivity index (χ0n) is 18.7. The van der Waals surface area contributed by atoms with Crippen LogP contribution in [0.3, 0.4) is 0 Å². The number of nitro groups is 1. The normalized spacial score (nSPS) is 11.0. The van der Waals surface area contributed by atoms with E-state index in [1.165, 1.54) is 18.3 Å². The molecule has 0 bridgehead atoms. The Labute approximate surface area is 202 Å². The van der Waals surface area contributed by atoms with Crippen molar-refractivity contribution in [2.75, 3.05) is 5.43 Å². The Morgan fingerprint density at radius 3 is 2.06 bits per heavy atom. The minimum absolute atomic E-state index is 0.0710. The molecule has 0 amide bonds. The van der Waals surface area contributed by atoms with Crippen LogP contribution < -0.4 is 5.43 Å². The number of rotatable bonds is 7. The van der Waals surface area contributed by atoms with Crippen LogP contribution in [-0.2, 0) is 0 Å². The van der Waals surface area contributed by atoms with Crippen molar-refractivity contribution in [2.24, 2.45) is 5.10 Å². The van der Waals surface area contributed by atoms with Crippen molar-refractivity contribution in [3.8, 4) is 28.2 Å². The lowest BCUT2D eigenvalue weighted by molar-refractivity contribution is -0.385. The van der Waals surface area contributed by atoms with Crippen molar-refractivity contribution in [1.82, 2.24) is 9.55 Å². The first-order chi connectivity index (χ1) is 17.2. The van der Waals surface area contributed by atoms with Gasteiger partial charge in [0.05, 0.1) is 22.5 Å². The van der Waals surface area contributed by atoms with E-state index in [9.17, 15) is 10.1 Å². The van der Waals surface area contributed by atoms with Gasteiger partial charge in [-0.15, -0.1) is 0 Å². The van der Waals surface area contributed by atoms with Gasteiger partial charge in [0.2, 0.25) is 0 Å². The van der Waals surface area contributed by atoms with E-state index in [1.54, 1.807) is 6.21 Å². The van der Waals surface area contributed by atoms with Gasteiger partial charge in [0.25, 0.3) is 5.69 Å². The molecule has 170 valence electrons. The van der Waals surface area contributed by atoms with E-state index in [0.29, 0.717) is 5.82 Å². The molecule has 5 rings (SSSR count). The number of hydrogen-bond acceptors (Lipinski definition) is 5.